The van der Waals surface area contributed by atoms with Gasteiger partial charge in [0.05, 0.1) is 12.8 Å². The molecule has 2 rings (SSSR count). The Hall–Kier alpha value is -1.70. The molecule has 0 saturated heterocycles. The average Bonchev–Trinajstić information content (AvgIpc) is 2.49. The highest BCUT2D eigenvalue weighted by atomic mass is 31.2. The molecular formula is C16H17O3P. The molecule has 0 aromatic heterocycles. The molecule has 2 aromatic rings. The molecule has 3 nitrogen and oxygen atoms in total. The first kappa shape index (κ1) is 14.7. The Morgan fingerprint density at radius 1 is 1.00 bits per heavy atom. The molecule has 104 valence electrons. The predicted molar refractivity (Wildman–Crippen MR) is 80.9 cm³/mol. The van der Waals surface area contributed by atoms with Crippen LogP contribution in [-0.2, 0) is 9.09 Å². The van der Waals surface area contributed by atoms with Gasteiger partial charge in [-0.25, -0.2) is 0 Å². The normalized spacial score (nSPS) is 13.7. The number of carbonyl (C=O) groups excluding carboxylic acids is 1. The molecule has 2 aromatic carbocycles. The van der Waals surface area contributed by atoms with Crippen LogP contribution in [0.4, 0.5) is 0 Å². The van der Waals surface area contributed by atoms with Gasteiger partial charge in [0.2, 0.25) is 7.37 Å². The minimum Gasteiger partial charge on any atom is -0.325 e. The number of rotatable bonds is 6. The lowest BCUT2D eigenvalue weighted by molar-refractivity contribution is 0.101. The van der Waals surface area contributed by atoms with Gasteiger partial charge < -0.3 is 4.52 Å². The van der Waals surface area contributed by atoms with Crippen LogP contribution in [0.15, 0.2) is 60.7 Å². The van der Waals surface area contributed by atoms with Crippen molar-refractivity contribution in [2.45, 2.75) is 6.92 Å². The Morgan fingerprint density at radius 3 is 2.10 bits per heavy atom. The zero-order chi connectivity index (χ0) is 14.4. The first-order valence-corrected chi connectivity index (χ1v) is 8.34. The van der Waals surface area contributed by atoms with E-state index in [4.69, 9.17) is 4.52 Å². The Balaban J connectivity index is 2.27. The number of hydrogen-bond acceptors (Lipinski definition) is 3. The van der Waals surface area contributed by atoms with Crippen molar-refractivity contribution < 1.29 is 13.9 Å². The van der Waals surface area contributed by atoms with E-state index in [1.165, 1.54) is 0 Å². The molecule has 0 aliphatic rings. The van der Waals surface area contributed by atoms with E-state index < -0.39 is 7.37 Å². The second kappa shape index (κ2) is 6.65. The van der Waals surface area contributed by atoms with Gasteiger partial charge in [-0.15, -0.1) is 0 Å². The summed E-state index contributed by atoms with van der Waals surface area (Å²) in [6.07, 6.45) is -0.102. The molecule has 0 aliphatic carbocycles. The van der Waals surface area contributed by atoms with E-state index in [0.717, 1.165) is 0 Å². The predicted octanol–water partition coefficient (Wildman–Crippen LogP) is 3.51. The Labute approximate surface area is 119 Å². The summed E-state index contributed by atoms with van der Waals surface area (Å²) in [5.74, 6) is -0.161. The zero-order valence-electron chi connectivity index (χ0n) is 11.4. The summed E-state index contributed by atoms with van der Waals surface area (Å²) in [4.78, 5) is 12.3. The second-order valence-electron chi connectivity index (χ2n) is 4.37. The lowest BCUT2D eigenvalue weighted by Crippen LogP contribution is -2.16. The third kappa shape index (κ3) is 3.44. The number of benzene rings is 2. The molecule has 0 heterocycles. The zero-order valence-corrected chi connectivity index (χ0v) is 12.3. The highest BCUT2D eigenvalue weighted by Crippen LogP contribution is 2.45. The molecule has 0 amide bonds. The minimum absolute atomic E-state index is 0.102. The molecule has 0 radical (unpaired) electrons. The Morgan fingerprint density at radius 2 is 1.55 bits per heavy atom. The maximum absolute atomic E-state index is 13.0. The van der Waals surface area contributed by atoms with Gasteiger partial charge in [-0.3, -0.25) is 9.36 Å². The van der Waals surface area contributed by atoms with E-state index in [1.807, 2.05) is 12.1 Å². The summed E-state index contributed by atoms with van der Waals surface area (Å²) in [5.41, 5.74) is 0.559. The van der Waals surface area contributed by atoms with Crippen molar-refractivity contribution in [2.75, 3.05) is 12.8 Å². The number of Topliss-reactive ketones (excluding diaryl/α,β-unsaturated/α-hetero) is 1. The fourth-order valence-corrected chi connectivity index (χ4v) is 4.01. The van der Waals surface area contributed by atoms with Crippen molar-refractivity contribution in [3.8, 4) is 0 Å². The van der Waals surface area contributed by atoms with Gasteiger partial charge in [-0.2, -0.15) is 0 Å². The van der Waals surface area contributed by atoms with Crippen LogP contribution >= 0.6 is 7.37 Å². The van der Waals surface area contributed by atoms with Crippen molar-refractivity contribution >= 4 is 18.5 Å². The van der Waals surface area contributed by atoms with Crippen LogP contribution in [0.5, 0.6) is 0 Å². The number of ketones is 1. The summed E-state index contributed by atoms with van der Waals surface area (Å²) in [6.45, 7) is 2.09. The van der Waals surface area contributed by atoms with Crippen LogP contribution in [-0.4, -0.2) is 18.6 Å². The molecule has 0 bridgehead atoms. The standard InChI is InChI=1S/C16H17O3P/c1-2-19-20(18,15-11-7-4-8-12-15)13-16(17)14-9-5-3-6-10-14/h3-12H,2,13H2,1H3/t20-/m1/s1. The van der Waals surface area contributed by atoms with E-state index in [0.29, 0.717) is 17.5 Å². The van der Waals surface area contributed by atoms with Gasteiger partial charge in [-0.1, -0.05) is 48.5 Å². The fourth-order valence-electron chi connectivity index (χ4n) is 1.98. The van der Waals surface area contributed by atoms with Crippen LogP contribution in [0.25, 0.3) is 0 Å². The van der Waals surface area contributed by atoms with Gasteiger partial charge in [0, 0.05) is 10.9 Å². The first-order chi connectivity index (χ1) is 9.65. The lowest BCUT2D eigenvalue weighted by Gasteiger charge is -2.17. The van der Waals surface area contributed by atoms with Crippen molar-refractivity contribution in [1.29, 1.82) is 0 Å². The van der Waals surface area contributed by atoms with Gasteiger partial charge >= 0.3 is 0 Å². The fraction of sp³-hybridized carbons (Fsp3) is 0.188. The number of hydrogen-bond donors (Lipinski definition) is 0. The van der Waals surface area contributed by atoms with Crippen molar-refractivity contribution in [2.24, 2.45) is 0 Å². The highest BCUT2D eigenvalue weighted by Gasteiger charge is 2.29. The minimum atomic E-state index is -3.14. The van der Waals surface area contributed by atoms with Gasteiger partial charge in [0.15, 0.2) is 5.78 Å². The largest absolute Gasteiger partial charge is 0.325 e. The molecule has 1 atom stereocenters. The maximum atomic E-state index is 13.0. The van der Waals surface area contributed by atoms with Gasteiger partial charge in [0.25, 0.3) is 0 Å². The summed E-state index contributed by atoms with van der Waals surface area (Å²) in [5, 5.41) is 0.589. The summed E-state index contributed by atoms with van der Waals surface area (Å²) < 4.78 is 18.4. The van der Waals surface area contributed by atoms with Crippen LogP contribution in [0.1, 0.15) is 17.3 Å². The molecule has 4 heteroatoms. The van der Waals surface area contributed by atoms with Crippen molar-refractivity contribution in [3.63, 3.8) is 0 Å². The van der Waals surface area contributed by atoms with E-state index in [1.54, 1.807) is 55.5 Å². The lowest BCUT2D eigenvalue weighted by atomic mass is 10.2. The molecule has 0 aliphatic heterocycles. The smallest absolute Gasteiger partial charge is 0.239 e. The third-order valence-electron chi connectivity index (χ3n) is 2.93. The van der Waals surface area contributed by atoms with Gasteiger partial charge in [-0.05, 0) is 19.1 Å². The summed E-state index contributed by atoms with van der Waals surface area (Å²) in [7, 11) is -3.14. The Bertz CT molecular complexity index is 608. The summed E-state index contributed by atoms with van der Waals surface area (Å²) in [6, 6.07) is 17.8. The number of carbonyl (C=O) groups is 1. The topological polar surface area (TPSA) is 43.4 Å². The van der Waals surface area contributed by atoms with E-state index in [9.17, 15) is 9.36 Å². The molecule has 0 unspecified atom stereocenters. The van der Waals surface area contributed by atoms with E-state index >= 15 is 0 Å². The molecule has 0 N–H and O–H groups in total. The van der Waals surface area contributed by atoms with Crippen LogP contribution in [0.3, 0.4) is 0 Å². The third-order valence-corrected chi connectivity index (χ3v) is 5.40. The molecule has 0 saturated carbocycles. The van der Waals surface area contributed by atoms with E-state index in [-0.39, 0.29) is 11.9 Å². The van der Waals surface area contributed by atoms with E-state index in [2.05, 4.69) is 0 Å². The summed E-state index contributed by atoms with van der Waals surface area (Å²) >= 11 is 0. The monoisotopic (exact) mass is 288 g/mol. The quantitative estimate of drug-likeness (QED) is 0.603. The molecule has 0 fully saturated rings. The highest BCUT2D eigenvalue weighted by molar-refractivity contribution is 7.67. The van der Waals surface area contributed by atoms with Crippen LogP contribution < -0.4 is 5.30 Å². The van der Waals surface area contributed by atoms with Crippen molar-refractivity contribution in [3.05, 3.63) is 66.2 Å². The van der Waals surface area contributed by atoms with Crippen LogP contribution in [0, 0.1) is 0 Å². The van der Waals surface area contributed by atoms with Crippen LogP contribution in [0.2, 0.25) is 0 Å². The average molecular weight is 288 g/mol. The SMILES string of the molecule is CCO[P@](=O)(CC(=O)c1ccccc1)c1ccccc1. The van der Waals surface area contributed by atoms with Crippen molar-refractivity contribution in [1.82, 2.24) is 0 Å². The molecule has 20 heavy (non-hydrogen) atoms. The first-order valence-electron chi connectivity index (χ1n) is 6.53. The van der Waals surface area contributed by atoms with Gasteiger partial charge in [0.1, 0.15) is 0 Å². The molecular weight excluding hydrogens is 271 g/mol. The second-order valence-corrected chi connectivity index (χ2v) is 6.81. The Kier molecular flexibility index (Phi) is 4.89. The maximum Gasteiger partial charge on any atom is 0.239 e. The molecule has 0 spiro atoms.